The molecule has 0 bridgehead atoms. The summed E-state index contributed by atoms with van der Waals surface area (Å²) in [5, 5.41) is 14.8. The van der Waals surface area contributed by atoms with Crippen LogP contribution in [0.25, 0.3) is 6.08 Å². The molecular formula is C12H18N2O2S. The van der Waals surface area contributed by atoms with Crippen LogP contribution in [0.1, 0.15) is 31.0 Å². The lowest BCUT2D eigenvalue weighted by Gasteiger charge is -2.26. The molecule has 1 unspecified atom stereocenters. The molecule has 1 atom stereocenters. The monoisotopic (exact) mass is 254 g/mol. The van der Waals surface area contributed by atoms with Gasteiger partial charge in [0.05, 0.1) is 22.8 Å². The summed E-state index contributed by atoms with van der Waals surface area (Å²) in [6.07, 6.45) is 3.79. The van der Waals surface area contributed by atoms with Crippen LogP contribution in [0.4, 0.5) is 0 Å². The number of aromatic nitrogens is 1. The predicted octanol–water partition coefficient (Wildman–Crippen LogP) is 1.74. The van der Waals surface area contributed by atoms with Crippen LogP contribution in [0.3, 0.4) is 0 Å². The Morgan fingerprint density at radius 3 is 2.88 bits per heavy atom. The maximum absolute atomic E-state index is 11.6. The lowest BCUT2D eigenvalue weighted by atomic mass is 10.0. The van der Waals surface area contributed by atoms with Gasteiger partial charge < -0.3 is 10.4 Å². The Morgan fingerprint density at radius 1 is 1.71 bits per heavy atom. The van der Waals surface area contributed by atoms with Gasteiger partial charge in [-0.15, -0.1) is 11.3 Å². The van der Waals surface area contributed by atoms with E-state index in [9.17, 15) is 9.90 Å². The highest BCUT2D eigenvalue weighted by atomic mass is 32.1. The molecule has 0 aromatic carbocycles. The third-order valence-corrected chi connectivity index (χ3v) is 3.39. The van der Waals surface area contributed by atoms with Crippen LogP contribution < -0.4 is 5.32 Å². The van der Waals surface area contributed by atoms with E-state index in [1.165, 1.54) is 6.08 Å². The zero-order chi connectivity index (χ0) is 12.9. The van der Waals surface area contributed by atoms with Crippen LogP contribution in [0.2, 0.25) is 0 Å². The van der Waals surface area contributed by atoms with Gasteiger partial charge in [-0.05, 0) is 26.3 Å². The average molecular weight is 254 g/mol. The van der Waals surface area contributed by atoms with Crippen molar-refractivity contribution in [2.45, 2.75) is 32.7 Å². The highest BCUT2D eigenvalue weighted by molar-refractivity contribution is 7.09. The second-order valence-corrected chi connectivity index (χ2v) is 5.25. The molecule has 2 N–H and O–H groups in total. The van der Waals surface area contributed by atoms with Gasteiger partial charge in [0, 0.05) is 11.5 Å². The van der Waals surface area contributed by atoms with E-state index >= 15 is 0 Å². The highest BCUT2D eigenvalue weighted by Gasteiger charge is 2.21. The molecule has 0 aliphatic carbocycles. The van der Waals surface area contributed by atoms with Crippen LogP contribution in [0, 0.1) is 6.92 Å². The van der Waals surface area contributed by atoms with E-state index in [0.29, 0.717) is 6.42 Å². The smallest absolute Gasteiger partial charge is 0.244 e. The van der Waals surface area contributed by atoms with Gasteiger partial charge in [-0.25, -0.2) is 4.98 Å². The van der Waals surface area contributed by atoms with Crippen molar-refractivity contribution < 1.29 is 9.90 Å². The molecule has 1 aromatic heterocycles. The molecular weight excluding hydrogens is 236 g/mol. The van der Waals surface area contributed by atoms with E-state index in [0.717, 1.165) is 10.7 Å². The number of amides is 1. The lowest BCUT2D eigenvalue weighted by Crippen LogP contribution is -2.47. The third kappa shape index (κ3) is 4.28. The van der Waals surface area contributed by atoms with Crippen LogP contribution in [-0.4, -0.2) is 28.1 Å². The lowest BCUT2D eigenvalue weighted by molar-refractivity contribution is -0.118. The summed E-state index contributed by atoms with van der Waals surface area (Å²) in [7, 11) is 0. The molecule has 1 amide bonds. The van der Waals surface area contributed by atoms with Gasteiger partial charge in [-0.1, -0.05) is 6.92 Å². The average Bonchev–Trinajstić information content (AvgIpc) is 2.72. The number of aliphatic hydroxyl groups excluding tert-OH is 1. The predicted molar refractivity (Wildman–Crippen MR) is 69.8 cm³/mol. The van der Waals surface area contributed by atoms with Crippen LogP contribution in [0.15, 0.2) is 11.5 Å². The molecule has 0 spiro atoms. The molecule has 0 radical (unpaired) electrons. The van der Waals surface area contributed by atoms with Gasteiger partial charge in [-0.3, -0.25) is 4.79 Å². The van der Waals surface area contributed by atoms with Crippen molar-refractivity contribution in [1.82, 2.24) is 10.3 Å². The first-order chi connectivity index (χ1) is 7.99. The number of rotatable bonds is 5. The molecule has 0 saturated carbocycles. The van der Waals surface area contributed by atoms with Crippen LogP contribution in [-0.2, 0) is 4.79 Å². The van der Waals surface area contributed by atoms with Crippen molar-refractivity contribution in [3.8, 4) is 0 Å². The minimum atomic E-state index is -0.556. The quantitative estimate of drug-likeness (QED) is 0.787. The molecule has 0 aliphatic heterocycles. The van der Waals surface area contributed by atoms with E-state index in [1.54, 1.807) is 17.4 Å². The molecule has 1 heterocycles. The first-order valence-corrected chi connectivity index (χ1v) is 6.40. The molecule has 5 heteroatoms. The zero-order valence-electron chi connectivity index (χ0n) is 10.4. The second kappa shape index (κ2) is 5.93. The summed E-state index contributed by atoms with van der Waals surface area (Å²) in [5.41, 5.74) is 0.226. The Kier molecular flexibility index (Phi) is 4.84. The van der Waals surface area contributed by atoms with Gasteiger partial charge in [0.1, 0.15) is 0 Å². The number of hydrogen-bond acceptors (Lipinski definition) is 4. The summed E-state index contributed by atoms with van der Waals surface area (Å²) in [5.74, 6) is -0.214. The summed E-state index contributed by atoms with van der Waals surface area (Å²) < 4.78 is 0. The third-order valence-electron chi connectivity index (χ3n) is 2.60. The SMILES string of the molecule is CCC(C)(CO)NC(=O)/C=C/c1csc(C)n1. The normalized spacial score (nSPS) is 14.8. The Balaban J connectivity index is 2.58. The van der Waals surface area contributed by atoms with Crippen molar-refractivity contribution >= 4 is 23.3 Å². The molecule has 1 rings (SSSR count). The van der Waals surface area contributed by atoms with E-state index in [1.807, 2.05) is 26.2 Å². The fourth-order valence-electron chi connectivity index (χ4n) is 1.20. The number of carbonyl (C=O) groups is 1. The Bertz CT molecular complexity index is 408. The van der Waals surface area contributed by atoms with Gasteiger partial charge >= 0.3 is 0 Å². The standard InChI is InChI=1S/C12H18N2O2S/c1-4-12(3,8-15)14-11(16)6-5-10-7-17-9(2)13-10/h5-7,15H,4,8H2,1-3H3,(H,14,16)/b6-5+. The fraction of sp³-hybridized carbons (Fsp3) is 0.500. The Morgan fingerprint density at radius 2 is 2.41 bits per heavy atom. The minimum absolute atomic E-state index is 0.0705. The van der Waals surface area contributed by atoms with Gasteiger partial charge in [0.25, 0.3) is 0 Å². The Hall–Kier alpha value is -1.20. The van der Waals surface area contributed by atoms with Gasteiger partial charge in [0.15, 0.2) is 0 Å². The zero-order valence-corrected chi connectivity index (χ0v) is 11.2. The second-order valence-electron chi connectivity index (χ2n) is 4.19. The van der Waals surface area contributed by atoms with Crippen LogP contribution >= 0.6 is 11.3 Å². The summed E-state index contributed by atoms with van der Waals surface area (Å²) in [6, 6.07) is 0. The number of nitrogens with one attached hydrogen (secondary N) is 1. The van der Waals surface area contributed by atoms with Crippen molar-refractivity contribution in [3.63, 3.8) is 0 Å². The van der Waals surface area contributed by atoms with E-state index in [4.69, 9.17) is 0 Å². The topological polar surface area (TPSA) is 62.2 Å². The number of hydrogen-bond donors (Lipinski definition) is 2. The summed E-state index contributed by atoms with van der Waals surface area (Å²) in [4.78, 5) is 15.8. The molecule has 0 aliphatic rings. The number of nitrogens with zero attached hydrogens (tertiary/aromatic N) is 1. The van der Waals surface area contributed by atoms with Crippen molar-refractivity contribution in [1.29, 1.82) is 0 Å². The highest BCUT2D eigenvalue weighted by Crippen LogP contribution is 2.10. The first kappa shape index (κ1) is 13.9. The number of thiazole rings is 1. The Labute approximate surface area is 105 Å². The van der Waals surface area contributed by atoms with E-state index in [-0.39, 0.29) is 12.5 Å². The number of aryl methyl sites for hydroxylation is 1. The largest absolute Gasteiger partial charge is 0.394 e. The summed E-state index contributed by atoms with van der Waals surface area (Å²) >= 11 is 1.54. The van der Waals surface area contributed by atoms with Crippen molar-refractivity contribution in [2.75, 3.05) is 6.61 Å². The van der Waals surface area contributed by atoms with E-state index in [2.05, 4.69) is 10.3 Å². The minimum Gasteiger partial charge on any atom is -0.394 e. The van der Waals surface area contributed by atoms with Crippen molar-refractivity contribution in [2.24, 2.45) is 0 Å². The van der Waals surface area contributed by atoms with Crippen molar-refractivity contribution in [3.05, 3.63) is 22.2 Å². The fourth-order valence-corrected chi connectivity index (χ4v) is 1.78. The number of carbonyl (C=O) groups excluding carboxylic acids is 1. The first-order valence-electron chi connectivity index (χ1n) is 5.52. The molecule has 94 valence electrons. The summed E-state index contributed by atoms with van der Waals surface area (Å²) in [6.45, 7) is 5.58. The maximum Gasteiger partial charge on any atom is 0.244 e. The maximum atomic E-state index is 11.6. The molecule has 17 heavy (non-hydrogen) atoms. The van der Waals surface area contributed by atoms with Crippen LogP contribution in [0.5, 0.6) is 0 Å². The van der Waals surface area contributed by atoms with Gasteiger partial charge in [0.2, 0.25) is 5.91 Å². The molecule has 4 nitrogen and oxygen atoms in total. The molecule has 0 saturated heterocycles. The molecule has 1 aromatic rings. The number of aliphatic hydroxyl groups is 1. The molecule has 0 fully saturated rings. The van der Waals surface area contributed by atoms with Gasteiger partial charge in [-0.2, -0.15) is 0 Å². The van der Waals surface area contributed by atoms with E-state index < -0.39 is 5.54 Å².